The molecule has 0 aliphatic carbocycles. The third-order valence-corrected chi connectivity index (χ3v) is 1.68. The Balaban J connectivity index is 3.67. The van der Waals surface area contributed by atoms with Crippen LogP contribution in [0.3, 0.4) is 0 Å². The highest BCUT2D eigenvalue weighted by molar-refractivity contribution is 8.02. The first-order valence-electron chi connectivity index (χ1n) is 2.81. The Morgan fingerprint density at radius 2 is 2.11 bits per heavy atom. The van der Waals surface area contributed by atoms with E-state index >= 15 is 0 Å². The Kier molecular flexibility index (Phi) is 5.43. The second-order valence-electron chi connectivity index (χ2n) is 1.60. The fourth-order valence-corrected chi connectivity index (χ4v) is 0.552. The van der Waals surface area contributed by atoms with Gasteiger partial charge >= 0.3 is 0 Å². The van der Waals surface area contributed by atoms with Gasteiger partial charge in [0.25, 0.3) is 0 Å². The Labute approximate surface area is 61.3 Å². The molecule has 0 radical (unpaired) electrons. The molecule has 0 amide bonds. The summed E-state index contributed by atoms with van der Waals surface area (Å²) in [5, 5.41) is 0. The quantitative estimate of drug-likeness (QED) is 0.543. The second-order valence-corrected chi connectivity index (χ2v) is 2.65. The highest BCUT2D eigenvalue weighted by Gasteiger charge is 1.76. The van der Waals surface area contributed by atoms with Crippen molar-refractivity contribution in [3.8, 4) is 0 Å². The van der Waals surface area contributed by atoms with E-state index < -0.39 is 0 Å². The number of hydrogen-bond donors (Lipinski definition) is 0. The Bertz CT molecular complexity index is 132. The molecule has 0 fully saturated rings. The molecule has 0 nitrogen and oxygen atoms in total. The fourth-order valence-electron chi connectivity index (χ4n) is 0.338. The topological polar surface area (TPSA) is 0 Å². The van der Waals surface area contributed by atoms with Gasteiger partial charge in [-0.15, -0.1) is 11.8 Å². The predicted molar refractivity (Wildman–Crippen MR) is 46.6 cm³/mol. The lowest BCUT2D eigenvalue weighted by molar-refractivity contribution is 1.67. The van der Waals surface area contributed by atoms with Gasteiger partial charge in [-0.3, -0.25) is 0 Å². The summed E-state index contributed by atoms with van der Waals surface area (Å²) in [5.41, 5.74) is 0. The van der Waals surface area contributed by atoms with Crippen molar-refractivity contribution in [2.75, 3.05) is 6.26 Å². The van der Waals surface area contributed by atoms with E-state index in [1.165, 1.54) is 4.91 Å². The van der Waals surface area contributed by atoms with E-state index in [9.17, 15) is 0 Å². The minimum absolute atomic E-state index is 1.31. The van der Waals surface area contributed by atoms with Crippen LogP contribution in [-0.2, 0) is 0 Å². The molecular weight excluding hydrogens is 128 g/mol. The number of rotatable bonds is 3. The van der Waals surface area contributed by atoms with Crippen molar-refractivity contribution in [2.45, 2.75) is 6.92 Å². The average molecular weight is 140 g/mol. The van der Waals surface area contributed by atoms with Crippen LogP contribution in [0.25, 0.3) is 0 Å². The second kappa shape index (κ2) is 5.70. The smallest absolute Gasteiger partial charge is 0.0140 e. The van der Waals surface area contributed by atoms with E-state index in [1.54, 1.807) is 17.8 Å². The fraction of sp³-hybridized carbons (Fsp3) is 0.250. The van der Waals surface area contributed by atoms with Crippen molar-refractivity contribution in [3.05, 3.63) is 35.8 Å². The highest BCUT2D eigenvalue weighted by Crippen LogP contribution is 2.08. The largest absolute Gasteiger partial charge is 0.134 e. The van der Waals surface area contributed by atoms with Crippen LogP contribution in [0.15, 0.2) is 35.8 Å². The molecular formula is C8H12S. The lowest BCUT2D eigenvalue weighted by Gasteiger charge is -1.86. The first-order valence-corrected chi connectivity index (χ1v) is 4.03. The summed E-state index contributed by atoms with van der Waals surface area (Å²) in [7, 11) is 0. The molecule has 0 aliphatic rings. The molecule has 0 bridgehead atoms. The molecule has 50 valence electrons. The molecule has 0 heterocycles. The zero-order chi connectivity index (χ0) is 7.11. The predicted octanol–water partition coefficient (Wildman–Crippen LogP) is 3.00. The standard InChI is InChI=1S/C8H12S/c1-4-5-6-7-8(2)9-3/h4-7H,1H2,2-3H3/b6-5-,8-7+. The lowest BCUT2D eigenvalue weighted by Crippen LogP contribution is -1.59. The summed E-state index contributed by atoms with van der Waals surface area (Å²) in [6.45, 7) is 5.64. The van der Waals surface area contributed by atoms with Crippen molar-refractivity contribution in [3.63, 3.8) is 0 Å². The Morgan fingerprint density at radius 1 is 1.44 bits per heavy atom. The molecule has 0 atom stereocenters. The maximum Gasteiger partial charge on any atom is -0.0140 e. The summed E-state index contributed by atoms with van der Waals surface area (Å²) < 4.78 is 0. The summed E-state index contributed by atoms with van der Waals surface area (Å²) in [5.74, 6) is 0. The number of hydrogen-bond acceptors (Lipinski definition) is 1. The number of allylic oxidation sites excluding steroid dienone is 5. The van der Waals surface area contributed by atoms with Crippen molar-refractivity contribution in [1.29, 1.82) is 0 Å². The van der Waals surface area contributed by atoms with Crippen LogP contribution in [0, 0.1) is 0 Å². The van der Waals surface area contributed by atoms with Gasteiger partial charge in [-0.05, 0) is 18.1 Å². The minimum Gasteiger partial charge on any atom is -0.134 e. The van der Waals surface area contributed by atoms with Gasteiger partial charge in [-0.1, -0.05) is 30.9 Å². The third kappa shape index (κ3) is 5.44. The van der Waals surface area contributed by atoms with Crippen LogP contribution in [0.4, 0.5) is 0 Å². The summed E-state index contributed by atoms with van der Waals surface area (Å²) >= 11 is 1.75. The van der Waals surface area contributed by atoms with Crippen LogP contribution in [0.2, 0.25) is 0 Å². The Hall–Kier alpha value is -0.430. The van der Waals surface area contributed by atoms with Crippen LogP contribution in [0.1, 0.15) is 6.92 Å². The summed E-state index contributed by atoms with van der Waals surface area (Å²) in [6.07, 6.45) is 9.79. The zero-order valence-electron chi connectivity index (χ0n) is 5.92. The highest BCUT2D eigenvalue weighted by atomic mass is 32.2. The van der Waals surface area contributed by atoms with E-state index in [1.807, 2.05) is 12.2 Å². The minimum atomic E-state index is 1.31. The van der Waals surface area contributed by atoms with Crippen LogP contribution in [0.5, 0.6) is 0 Å². The normalized spacial score (nSPS) is 12.4. The van der Waals surface area contributed by atoms with Gasteiger partial charge in [0.2, 0.25) is 0 Å². The molecule has 0 aromatic heterocycles. The molecule has 0 spiro atoms. The Morgan fingerprint density at radius 3 is 2.56 bits per heavy atom. The third-order valence-electron chi connectivity index (χ3n) is 0.900. The number of thioether (sulfide) groups is 1. The zero-order valence-corrected chi connectivity index (χ0v) is 6.74. The SMILES string of the molecule is C=C/C=C\C=C(/C)SC. The molecule has 0 unspecified atom stereocenters. The van der Waals surface area contributed by atoms with Gasteiger partial charge in [0.1, 0.15) is 0 Å². The summed E-state index contributed by atoms with van der Waals surface area (Å²) in [6, 6.07) is 0. The molecule has 0 N–H and O–H groups in total. The van der Waals surface area contributed by atoms with E-state index in [4.69, 9.17) is 0 Å². The maximum absolute atomic E-state index is 3.56. The van der Waals surface area contributed by atoms with Gasteiger partial charge < -0.3 is 0 Å². The molecule has 0 aromatic rings. The molecule has 0 aromatic carbocycles. The first-order chi connectivity index (χ1) is 4.31. The van der Waals surface area contributed by atoms with E-state index in [-0.39, 0.29) is 0 Å². The van der Waals surface area contributed by atoms with Crippen LogP contribution < -0.4 is 0 Å². The van der Waals surface area contributed by atoms with E-state index in [0.717, 1.165) is 0 Å². The van der Waals surface area contributed by atoms with Gasteiger partial charge in [0.05, 0.1) is 0 Å². The van der Waals surface area contributed by atoms with E-state index in [2.05, 4.69) is 25.8 Å². The van der Waals surface area contributed by atoms with Gasteiger partial charge in [0.15, 0.2) is 0 Å². The lowest BCUT2D eigenvalue weighted by atomic mass is 10.4. The van der Waals surface area contributed by atoms with E-state index in [0.29, 0.717) is 0 Å². The first kappa shape index (κ1) is 8.57. The van der Waals surface area contributed by atoms with Gasteiger partial charge in [-0.25, -0.2) is 0 Å². The van der Waals surface area contributed by atoms with Crippen molar-refractivity contribution < 1.29 is 0 Å². The van der Waals surface area contributed by atoms with Crippen molar-refractivity contribution >= 4 is 11.8 Å². The van der Waals surface area contributed by atoms with Crippen molar-refractivity contribution in [1.82, 2.24) is 0 Å². The molecule has 0 saturated heterocycles. The molecule has 0 saturated carbocycles. The van der Waals surface area contributed by atoms with Gasteiger partial charge in [0, 0.05) is 0 Å². The molecule has 9 heavy (non-hydrogen) atoms. The van der Waals surface area contributed by atoms with Crippen LogP contribution in [-0.4, -0.2) is 6.26 Å². The van der Waals surface area contributed by atoms with Crippen LogP contribution >= 0.6 is 11.8 Å². The monoisotopic (exact) mass is 140 g/mol. The van der Waals surface area contributed by atoms with Gasteiger partial charge in [-0.2, -0.15) is 0 Å². The molecule has 1 heteroatoms. The maximum atomic E-state index is 3.56. The average Bonchev–Trinajstić information content (AvgIpc) is 1.89. The van der Waals surface area contributed by atoms with Crippen molar-refractivity contribution in [2.24, 2.45) is 0 Å². The molecule has 0 rings (SSSR count). The molecule has 0 aliphatic heterocycles. The summed E-state index contributed by atoms with van der Waals surface area (Å²) in [4.78, 5) is 1.31.